The number of unbranched alkanes of at least 4 members (excludes halogenated alkanes) is 8. The van der Waals surface area contributed by atoms with Gasteiger partial charge in [0.05, 0.1) is 48.3 Å². The third-order valence-corrected chi connectivity index (χ3v) is 11.8. The highest BCUT2D eigenvalue weighted by atomic mass is 16.5. The molecule has 0 fully saturated rings. The van der Waals surface area contributed by atoms with E-state index in [1.54, 1.807) is 0 Å². The summed E-state index contributed by atoms with van der Waals surface area (Å²) in [5.74, 6) is 4.82. The SMILES string of the molecule is CCCCCOc1cccc2c1-c1nc-2nc2[nH]c(nc3nc(nc4[nH]c(n1)c1cccc(OCCCCC)c41)-c1cccc(OCCCCC)c1-3)c1cccc(OCCCCC)c21. The summed E-state index contributed by atoms with van der Waals surface area (Å²) in [7, 11) is 0. The van der Waals surface area contributed by atoms with Crippen molar-refractivity contribution in [1.82, 2.24) is 39.9 Å². The summed E-state index contributed by atoms with van der Waals surface area (Å²) < 4.78 is 26.1. The number of ether oxygens (including phenoxy) is 4. The number of rotatable bonds is 20. The smallest absolute Gasteiger partial charge is 0.168 e. The van der Waals surface area contributed by atoms with Crippen LogP contribution >= 0.6 is 0 Å². The third-order valence-electron chi connectivity index (χ3n) is 11.8. The number of benzene rings is 4. The Morgan fingerprint density at radius 2 is 0.703 bits per heavy atom. The van der Waals surface area contributed by atoms with E-state index in [2.05, 4.69) is 37.7 Å². The van der Waals surface area contributed by atoms with Crippen LogP contribution in [0, 0.1) is 0 Å². The van der Waals surface area contributed by atoms with Crippen molar-refractivity contribution < 1.29 is 18.9 Å². The fourth-order valence-corrected chi connectivity index (χ4v) is 8.48. The van der Waals surface area contributed by atoms with Crippen LogP contribution in [-0.2, 0) is 0 Å². The number of hydrogen-bond donors (Lipinski definition) is 2. The first-order valence-electron chi connectivity index (χ1n) is 23.5. The number of nitrogens with one attached hydrogen (secondary N) is 2. The minimum Gasteiger partial charge on any atom is -0.493 e. The zero-order valence-electron chi connectivity index (χ0n) is 37.6. The topological polar surface area (TPSA) is 146 Å². The molecule has 12 nitrogen and oxygen atoms in total. The zero-order valence-corrected chi connectivity index (χ0v) is 37.6. The largest absolute Gasteiger partial charge is 0.493 e. The van der Waals surface area contributed by atoms with Gasteiger partial charge in [0.2, 0.25) is 0 Å². The average molecular weight is 859 g/mol. The van der Waals surface area contributed by atoms with Gasteiger partial charge in [0.15, 0.2) is 23.3 Å². The van der Waals surface area contributed by atoms with Crippen molar-refractivity contribution >= 4 is 44.1 Å². The van der Waals surface area contributed by atoms with Crippen molar-refractivity contribution in [2.75, 3.05) is 26.4 Å². The van der Waals surface area contributed by atoms with E-state index in [-0.39, 0.29) is 0 Å². The molecule has 2 N–H and O–H groups in total. The molecule has 8 bridgehead atoms. The monoisotopic (exact) mass is 858 g/mol. The molecule has 330 valence electrons. The maximum absolute atomic E-state index is 6.52. The molecule has 2 aliphatic rings. The molecule has 0 radical (unpaired) electrons. The Labute approximate surface area is 374 Å². The summed E-state index contributed by atoms with van der Waals surface area (Å²) in [6, 6.07) is 24.1. The van der Waals surface area contributed by atoms with Gasteiger partial charge in [0.1, 0.15) is 45.6 Å². The van der Waals surface area contributed by atoms with Gasteiger partial charge in [0, 0.05) is 21.9 Å². The van der Waals surface area contributed by atoms with E-state index in [1.807, 2.05) is 72.8 Å². The van der Waals surface area contributed by atoms with Crippen LogP contribution in [0.5, 0.6) is 23.0 Å². The quantitative estimate of drug-likeness (QED) is 0.0710. The van der Waals surface area contributed by atoms with Gasteiger partial charge in [0.25, 0.3) is 0 Å². The second-order valence-electron chi connectivity index (χ2n) is 16.5. The van der Waals surface area contributed by atoms with Gasteiger partial charge >= 0.3 is 0 Å². The molecule has 0 spiro atoms. The van der Waals surface area contributed by atoms with Gasteiger partial charge in [-0.25, -0.2) is 29.9 Å². The number of aromatic amines is 2. The van der Waals surface area contributed by atoms with Crippen LogP contribution in [0.3, 0.4) is 0 Å². The van der Waals surface area contributed by atoms with Crippen LogP contribution in [0.4, 0.5) is 0 Å². The Hall–Kier alpha value is -6.56. The first-order valence-corrected chi connectivity index (χ1v) is 23.5. The molecule has 0 saturated carbocycles. The van der Waals surface area contributed by atoms with Crippen LogP contribution in [0.2, 0.25) is 0 Å². The Morgan fingerprint density at radius 3 is 1.09 bits per heavy atom. The van der Waals surface area contributed by atoms with Crippen LogP contribution in [0.25, 0.3) is 89.7 Å². The Kier molecular flexibility index (Phi) is 13.3. The van der Waals surface area contributed by atoms with E-state index in [9.17, 15) is 0 Å². The predicted molar refractivity (Wildman–Crippen MR) is 256 cm³/mol. The van der Waals surface area contributed by atoms with E-state index in [1.165, 1.54) is 0 Å². The third kappa shape index (κ3) is 8.70. The molecule has 64 heavy (non-hydrogen) atoms. The maximum atomic E-state index is 6.52. The van der Waals surface area contributed by atoms with Crippen molar-refractivity contribution in [2.45, 2.75) is 105 Å². The average Bonchev–Trinajstić information content (AvgIpc) is 4.06. The Balaban J connectivity index is 1.36. The van der Waals surface area contributed by atoms with Crippen molar-refractivity contribution in [1.29, 1.82) is 0 Å². The van der Waals surface area contributed by atoms with Crippen LogP contribution in [-0.4, -0.2) is 66.3 Å². The van der Waals surface area contributed by atoms with Gasteiger partial charge < -0.3 is 28.9 Å². The first kappa shape index (κ1) is 42.7. The molecule has 5 heterocycles. The van der Waals surface area contributed by atoms with E-state index in [0.29, 0.717) is 83.8 Å². The summed E-state index contributed by atoms with van der Waals surface area (Å²) in [5.41, 5.74) is 5.51. The normalized spacial score (nSPS) is 11.8. The van der Waals surface area contributed by atoms with Crippen molar-refractivity contribution in [3.8, 4) is 68.5 Å². The predicted octanol–water partition coefficient (Wildman–Crippen LogP) is 13.1. The van der Waals surface area contributed by atoms with Crippen LogP contribution in [0.1, 0.15) is 105 Å². The molecule has 0 amide bonds. The lowest BCUT2D eigenvalue weighted by Crippen LogP contribution is -1.99. The number of aromatic nitrogens is 8. The first-order chi connectivity index (χ1) is 31.6. The molecule has 0 saturated heterocycles. The van der Waals surface area contributed by atoms with Gasteiger partial charge in [-0.3, -0.25) is 0 Å². The molecular weight excluding hydrogens is 801 g/mol. The summed E-state index contributed by atoms with van der Waals surface area (Å²) in [5, 5.41) is 3.31. The number of fused-ring (bicyclic) bond motifs is 20. The van der Waals surface area contributed by atoms with Crippen molar-refractivity contribution in [3.63, 3.8) is 0 Å². The highest BCUT2D eigenvalue weighted by Gasteiger charge is 2.27. The molecular formula is C52H58N8O4. The molecule has 12 heteroatoms. The second-order valence-corrected chi connectivity index (χ2v) is 16.5. The minimum atomic E-state index is 0.483. The molecule has 0 aliphatic carbocycles. The summed E-state index contributed by atoms with van der Waals surface area (Å²) in [4.78, 5) is 38.9. The number of nitrogens with zero attached hydrogens (tertiary/aromatic N) is 6. The number of hydrogen-bond acceptors (Lipinski definition) is 10. The molecule has 0 atom stereocenters. The summed E-state index contributed by atoms with van der Waals surface area (Å²) in [6.07, 6.45) is 12.5. The molecule has 0 unspecified atom stereocenters. The molecule has 3 aromatic heterocycles. The van der Waals surface area contributed by atoms with Gasteiger partial charge in [-0.05, 0) is 49.9 Å². The Morgan fingerprint density at radius 1 is 0.359 bits per heavy atom. The lowest BCUT2D eigenvalue weighted by atomic mass is 10.1. The van der Waals surface area contributed by atoms with Gasteiger partial charge in [-0.15, -0.1) is 0 Å². The molecule has 4 aromatic carbocycles. The van der Waals surface area contributed by atoms with E-state index in [4.69, 9.17) is 48.9 Å². The molecule has 2 aliphatic heterocycles. The second kappa shape index (κ2) is 19.9. The van der Waals surface area contributed by atoms with Gasteiger partial charge in [-0.2, -0.15) is 0 Å². The standard InChI is InChI=1S/C52H58N8O4/c1-5-9-13-29-61-37-25-17-21-33-41(37)49-53-45(33)58-50-43-35(23-19-27-39(43)63-31-15-11-7-3)47(55-50)60-52-44-36(24-20-28-40(44)64-32-16-12-8-4)48(56-52)59-51-42-34(46(54-51)57-49)22-18-26-38(42)62-30-14-10-6-2/h17-28H,5-16,29-32H2,1-4H3,(H2,53,54,55,56,57,58,59,60). The van der Waals surface area contributed by atoms with Crippen molar-refractivity contribution in [2.24, 2.45) is 0 Å². The highest BCUT2D eigenvalue weighted by Crippen LogP contribution is 2.44. The summed E-state index contributed by atoms with van der Waals surface area (Å²) >= 11 is 0. The fourth-order valence-electron chi connectivity index (χ4n) is 8.48. The minimum absolute atomic E-state index is 0.483. The molecule has 7 aromatic rings. The lowest BCUT2D eigenvalue weighted by Gasteiger charge is -2.10. The highest BCUT2D eigenvalue weighted by molar-refractivity contribution is 6.10. The maximum Gasteiger partial charge on any atom is 0.168 e. The summed E-state index contributed by atoms with van der Waals surface area (Å²) in [6.45, 7) is 11.1. The Bertz CT molecular complexity index is 2740. The van der Waals surface area contributed by atoms with E-state index in [0.717, 1.165) is 132 Å². The number of H-pyrrole nitrogens is 2. The lowest BCUT2D eigenvalue weighted by molar-refractivity contribution is 0.307. The fraction of sp³-hybridized carbons (Fsp3) is 0.385. The zero-order chi connectivity index (χ0) is 43.8. The van der Waals surface area contributed by atoms with Crippen LogP contribution in [0.15, 0.2) is 72.8 Å². The van der Waals surface area contributed by atoms with E-state index < -0.39 is 0 Å². The van der Waals surface area contributed by atoms with Gasteiger partial charge in [-0.1, -0.05) is 128 Å². The molecule has 9 rings (SSSR count). The van der Waals surface area contributed by atoms with Crippen molar-refractivity contribution in [3.05, 3.63) is 72.8 Å². The van der Waals surface area contributed by atoms with Crippen LogP contribution < -0.4 is 18.9 Å². The van der Waals surface area contributed by atoms with E-state index >= 15 is 0 Å².